The Balaban J connectivity index is 1.84. The van der Waals surface area contributed by atoms with Crippen molar-refractivity contribution in [2.75, 3.05) is 31.1 Å². The third-order valence-electron chi connectivity index (χ3n) is 4.73. The quantitative estimate of drug-likeness (QED) is 0.245. The molecule has 0 saturated heterocycles. The van der Waals surface area contributed by atoms with Crippen LogP contribution in [-0.2, 0) is 19.0 Å². The molecule has 1 aliphatic rings. The second-order valence-corrected chi connectivity index (χ2v) is 9.09. The molecule has 0 bridgehead atoms. The van der Waals surface area contributed by atoms with Gasteiger partial charge >= 0.3 is 12.1 Å². The molecule has 34 heavy (non-hydrogen) atoms. The first-order chi connectivity index (χ1) is 16.3. The lowest BCUT2D eigenvalue weighted by Crippen LogP contribution is -2.30. The number of halogens is 2. The van der Waals surface area contributed by atoms with Gasteiger partial charge in [0.1, 0.15) is 11.9 Å². The summed E-state index contributed by atoms with van der Waals surface area (Å²) in [4.78, 5) is 24.3. The molecule has 1 aliphatic heterocycles. The molecule has 9 nitrogen and oxygen atoms in total. The lowest BCUT2D eigenvalue weighted by molar-refractivity contribution is -0.142. The van der Waals surface area contributed by atoms with Gasteiger partial charge < -0.3 is 28.8 Å². The molecule has 2 atom stereocenters. The summed E-state index contributed by atoms with van der Waals surface area (Å²) in [6.07, 6.45) is -2.33. The van der Waals surface area contributed by atoms with Crippen LogP contribution < -0.4 is 14.8 Å². The van der Waals surface area contributed by atoms with E-state index in [2.05, 4.69) is 49.8 Å². The first kappa shape index (κ1) is 26.5. The average Bonchev–Trinajstić information content (AvgIpc) is 3.27. The summed E-state index contributed by atoms with van der Waals surface area (Å²) in [5, 5.41) is 13.4. The van der Waals surface area contributed by atoms with Crippen LogP contribution in [0.25, 0.3) is 0 Å². The number of esters is 1. The molecule has 184 valence electrons. The molecule has 0 aliphatic carbocycles. The highest BCUT2D eigenvalue weighted by molar-refractivity contribution is 9.11. The van der Waals surface area contributed by atoms with E-state index in [4.69, 9.17) is 23.7 Å². The molecule has 1 amide bonds. The molecule has 0 fully saturated rings. The highest BCUT2D eigenvalue weighted by Gasteiger charge is 2.31. The van der Waals surface area contributed by atoms with Crippen LogP contribution in [0.5, 0.6) is 17.2 Å². The van der Waals surface area contributed by atoms with E-state index in [1.54, 1.807) is 37.3 Å². The van der Waals surface area contributed by atoms with Crippen LogP contribution in [0.3, 0.4) is 0 Å². The van der Waals surface area contributed by atoms with Crippen molar-refractivity contribution in [1.82, 2.24) is 0 Å². The first-order valence-electron chi connectivity index (χ1n) is 10.3. The lowest BCUT2D eigenvalue weighted by atomic mass is 10.0. The van der Waals surface area contributed by atoms with Crippen LogP contribution in [0, 0.1) is 0 Å². The predicted octanol–water partition coefficient (Wildman–Crippen LogP) is 5.20. The average molecular weight is 621 g/mol. The number of carbonyl (C=O) groups excluding carboxylic acids is 2. The molecule has 2 N–H and O–H groups in total. The molecule has 1 heterocycles. The summed E-state index contributed by atoms with van der Waals surface area (Å²) >= 11 is 10.6. The summed E-state index contributed by atoms with van der Waals surface area (Å²) in [5.41, 5.74) is 0.740. The van der Waals surface area contributed by atoms with Gasteiger partial charge in [-0.1, -0.05) is 15.9 Å². The zero-order valence-electron chi connectivity index (χ0n) is 18.1. The second-order valence-electron chi connectivity index (χ2n) is 7.01. The Morgan fingerprint density at radius 1 is 1.21 bits per heavy atom. The van der Waals surface area contributed by atoms with Crippen LogP contribution in [0.1, 0.15) is 25.0 Å². The molecule has 3 rings (SSSR count). The largest absolute Gasteiger partial charge is 0.506 e. The minimum Gasteiger partial charge on any atom is -0.506 e. The Labute approximate surface area is 218 Å². The molecule has 0 radical (unpaired) electrons. The van der Waals surface area contributed by atoms with Gasteiger partial charge in [0.15, 0.2) is 17.6 Å². The Bertz CT molecular complexity index is 1040. The van der Waals surface area contributed by atoms with Gasteiger partial charge in [0.25, 0.3) is 0 Å². The van der Waals surface area contributed by atoms with Crippen molar-refractivity contribution in [2.45, 2.75) is 25.6 Å². The summed E-state index contributed by atoms with van der Waals surface area (Å²) in [7, 11) is 0. The topological polar surface area (TPSA) is 113 Å². The Hall–Kier alpha value is -2.15. The van der Waals surface area contributed by atoms with Crippen molar-refractivity contribution >= 4 is 62.2 Å². The van der Waals surface area contributed by atoms with Crippen molar-refractivity contribution in [1.29, 1.82) is 0 Å². The van der Waals surface area contributed by atoms with E-state index in [1.807, 2.05) is 0 Å². The number of hydrogen-bond donors (Lipinski definition) is 3. The predicted molar refractivity (Wildman–Crippen MR) is 134 cm³/mol. The van der Waals surface area contributed by atoms with Crippen molar-refractivity contribution in [2.24, 2.45) is 0 Å². The van der Waals surface area contributed by atoms with Crippen LogP contribution >= 0.6 is 44.5 Å². The Morgan fingerprint density at radius 3 is 2.71 bits per heavy atom. The number of ether oxygens (including phenoxy) is 5. The fourth-order valence-electron chi connectivity index (χ4n) is 3.25. The lowest BCUT2D eigenvalue weighted by Gasteiger charge is -2.28. The molecule has 0 spiro atoms. The van der Waals surface area contributed by atoms with Crippen LogP contribution in [-0.4, -0.2) is 49.0 Å². The molecule has 0 unspecified atom stereocenters. The van der Waals surface area contributed by atoms with Gasteiger partial charge in [-0.3, -0.25) is 10.1 Å². The van der Waals surface area contributed by atoms with Crippen molar-refractivity contribution in [3.8, 4) is 17.2 Å². The SMILES string of the molecule is CCO[C@H](CCOC(=O)CS)[C@H](OC(=O)Nc1ccc2c(c1)OCO2)c1cc(Br)cc(Br)c1O. The number of carbonyl (C=O) groups is 2. The third kappa shape index (κ3) is 6.94. The number of benzene rings is 2. The van der Waals surface area contributed by atoms with Crippen molar-refractivity contribution in [3.63, 3.8) is 0 Å². The van der Waals surface area contributed by atoms with Gasteiger partial charge in [-0.05, 0) is 47.1 Å². The molecular formula is C22H23Br2NO8S. The summed E-state index contributed by atoms with van der Waals surface area (Å²) in [6.45, 7) is 2.21. The van der Waals surface area contributed by atoms with E-state index in [0.29, 0.717) is 38.3 Å². The maximum absolute atomic E-state index is 12.9. The van der Waals surface area contributed by atoms with E-state index in [9.17, 15) is 14.7 Å². The second kappa shape index (κ2) is 12.5. The molecule has 12 heteroatoms. The summed E-state index contributed by atoms with van der Waals surface area (Å²) in [5.74, 6) is 0.427. The van der Waals surface area contributed by atoms with Gasteiger partial charge in [0.2, 0.25) is 6.79 Å². The van der Waals surface area contributed by atoms with Gasteiger partial charge in [0.05, 0.1) is 16.8 Å². The van der Waals surface area contributed by atoms with E-state index >= 15 is 0 Å². The number of fused-ring (bicyclic) bond motifs is 1. The Kier molecular flexibility index (Phi) is 9.74. The molecule has 2 aromatic rings. The fraction of sp³-hybridized carbons (Fsp3) is 0.364. The van der Waals surface area contributed by atoms with Crippen molar-refractivity contribution in [3.05, 3.63) is 44.8 Å². The zero-order valence-corrected chi connectivity index (χ0v) is 22.2. The van der Waals surface area contributed by atoms with Crippen molar-refractivity contribution < 1.29 is 38.4 Å². The van der Waals surface area contributed by atoms with E-state index < -0.39 is 24.3 Å². The number of rotatable bonds is 10. The summed E-state index contributed by atoms with van der Waals surface area (Å²) < 4.78 is 28.3. The number of phenolic OH excluding ortho intramolecular Hbond substituents is 1. The minimum absolute atomic E-state index is 0.0175. The maximum atomic E-state index is 12.9. The first-order valence-corrected chi connectivity index (χ1v) is 12.5. The zero-order chi connectivity index (χ0) is 24.7. The highest BCUT2D eigenvalue weighted by atomic mass is 79.9. The normalized spacial score (nSPS) is 13.8. The van der Waals surface area contributed by atoms with Crippen LogP contribution in [0.15, 0.2) is 39.3 Å². The number of hydrogen-bond acceptors (Lipinski definition) is 9. The third-order valence-corrected chi connectivity index (χ3v) is 6.05. The molecule has 2 aromatic carbocycles. The number of nitrogens with one attached hydrogen (secondary N) is 1. The number of phenols is 1. The Morgan fingerprint density at radius 2 is 1.97 bits per heavy atom. The van der Waals surface area contributed by atoms with Gasteiger partial charge in [0, 0.05) is 34.8 Å². The van der Waals surface area contributed by atoms with Gasteiger partial charge in [-0.15, -0.1) is 0 Å². The summed E-state index contributed by atoms with van der Waals surface area (Å²) in [6, 6.07) is 8.22. The monoisotopic (exact) mass is 619 g/mol. The van der Waals surface area contributed by atoms with Crippen LogP contribution in [0.2, 0.25) is 0 Å². The number of amides is 1. The van der Waals surface area contributed by atoms with E-state index in [-0.39, 0.29) is 31.3 Å². The number of anilines is 1. The fourth-order valence-corrected chi connectivity index (χ4v) is 4.60. The minimum atomic E-state index is -1.03. The molecule has 0 aromatic heterocycles. The molecule has 0 saturated carbocycles. The smallest absolute Gasteiger partial charge is 0.412 e. The maximum Gasteiger partial charge on any atom is 0.412 e. The standard InChI is InChI=1S/C22H23Br2NO8S/c1-2-29-17(5-6-30-19(26)10-34)21(14-7-12(23)8-15(24)20(14)27)33-22(28)25-13-3-4-16-18(9-13)32-11-31-16/h3-4,7-9,17,21,27,34H,2,5-6,10-11H2,1H3,(H,25,28)/t17-,21-/m1/s1. The van der Waals surface area contributed by atoms with E-state index in [1.165, 1.54) is 0 Å². The number of aromatic hydroxyl groups is 1. The molecular weight excluding hydrogens is 598 g/mol. The van der Waals surface area contributed by atoms with Gasteiger partial charge in [-0.25, -0.2) is 4.79 Å². The van der Waals surface area contributed by atoms with Crippen LogP contribution in [0.4, 0.5) is 10.5 Å². The van der Waals surface area contributed by atoms with Gasteiger partial charge in [-0.2, -0.15) is 12.6 Å². The number of thiol groups is 1. The highest BCUT2D eigenvalue weighted by Crippen LogP contribution is 2.40. The van der Waals surface area contributed by atoms with E-state index in [0.717, 1.165) is 0 Å².